The minimum atomic E-state index is -0.504. The summed E-state index contributed by atoms with van der Waals surface area (Å²) in [6, 6.07) is 14.7. The van der Waals surface area contributed by atoms with Crippen molar-refractivity contribution in [1.29, 1.82) is 0 Å². The Morgan fingerprint density at radius 3 is 2.82 bits per heavy atom. The Kier molecular flexibility index (Phi) is 6.01. The topological polar surface area (TPSA) is 88.6 Å². The van der Waals surface area contributed by atoms with Crippen molar-refractivity contribution in [2.45, 2.75) is 39.0 Å². The van der Waals surface area contributed by atoms with Crippen molar-refractivity contribution >= 4 is 40.1 Å². The first-order chi connectivity index (χ1) is 16.5. The number of carbonyl (C=O) groups excluding carboxylic acids is 3. The highest BCUT2D eigenvalue weighted by atomic mass is 16.5. The average molecular weight is 458 g/mol. The smallest absolute Gasteiger partial charge is 0.339 e. The van der Waals surface area contributed by atoms with Crippen LogP contribution in [0.1, 0.15) is 47.8 Å². The van der Waals surface area contributed by atoms with E-state index in [1.54, 1.807) is 23.1 Å². The molecule has 0 unspecified atom stereocenters. The fourth-order valence-electron chi connectivity index (χ4n) is 4.87. The maximum Gasteiger partial charge on any atom is 0.339 e. The van der Waals surface area contributed by atoms with E-state index in [9.17, 15) is 14.4 Å². The summed E-state index contributed by atoms with van der Waals surface area (Å²) in [5, 5.41) is 3.52. The highest BCUT2D eigenvalue weighted by Crippen LogP contribution is 2.32. The van der Waals surface area contributed by atoms with Crippen LogP contribution in [-0.2, 0) is 27.2 Å². The average Bonchev–Trinajstić information content (AvgIpc) is 3.27. The molecule has 0 bridgehead atoms. The van der Waals surface area contributed by atoms with Gasteiger partial charge in [-0.3, -0.25) is 14.6 Å². The Morgan fingerprint density at radius 1 is 1.15 bits per heavy atom. The van der Waals surface area contributed by atoms with Crippen molar-refractivity contribution in [2.75, 3.05) is 23.4 Å². The van der Waals surface area contributed by atoms with E-state index >= 15 is 0 Å². The maximum atomic E-state index is 13.2. The Labute approximate surface area is 198 Å². The molecule has 1 N–H and O–H groups in total. The third-order valence-electron chi connectivity index (χ3n) is 6.56. The van der Waals surface area contributed by atoms with E-state index in [1.807, 2.05) is 30.3 Å². The molecule has 34 heavy (non-hydrogen) atoms. The fourth-order valence-corrected chi connectivity index (χ4v) is 4.87. The van der Waals surface area contributed by atoms with Crippen molar-refractivity contribution in [3.63, 3.8) is 0 Å². The van der Waals surface area contributed by atoms with Gasteiger partial charge >= 0.3 is 5.97 Å². The summed E-state index contributed by atoms with van der Waals surface area (Å²) in [5.74, 6) is -0.394. The van der Waals surface area contributed by atoms with E-state index in [2.05, 4.69) is 12.2 Å². The molecule has 0 radical (unpaired) electrons. The van der Waals surface area contributed by atoms with Gasteiger partial charge in [-0.2, -0.15) is 0 Å². The Hall–Kier alpha value is -3.74. The number of aryl methyl sites for hydroxylation is 1. The van der Waals surface area contributed by atoms with Crippen LogP contribution in [0.25, 0.3) is 10.9 Å². The monoisotopic (exact) mass is 457 g/mol. The third-order valence-corrected chi connectivity index (χ3v) is 6.56. The Bertz CT molecular complexity index is 1290. The van der Waals surface area contributed by atoms with E-state index in [-0.39, 0.29) is 5.91 Å². The van der Waals surface area contributed by atoms with E-state index < -0.39 is 18.5 Å². The standard InChI is InChI=1S/C27H27N3O4/c1-17-11-12-23-21(14-17)26(20-8-2-3-9-22(20)29-23)27(33)34-16-24(31)28-18-6-4-7-19(15-18)30-13-5-10-25(30)32/h2-4,6-9,15,17H,5,10-14,16H2,1H3,(H,28,31)/t17-/m0/s1. The molecular weight excluding hydrogens is 430 g/mol. The van der Waals surface area contributed by atoms with Gasteiger partial charge < -0.3 is 15.0 Å². The van der Waals surface area contributed by atoms with Crippen LogP contribution in [0.2, 0.25) is 0 Å². The molecule has 7 nitrogen and oxygen atoms in total. The van der Waals surface area contributed by atoms with Gasteiger partial charge in [-0.1, -0.05) is 31.2 Å². The van der Waals surface area contributed by atoms with Gasteiger partial charge in [0.2, 0.25) is 5.91 Å². The lowest BCUT2D eigenvalue weighted by molar-refractivity contribution is -0.119. The van der Waals surface area contributed by atoms with Crippen LogP contribution >= 0.6 is 0 Å². The van der Waals surface area contributed by atoms with Crippen LogP contribution < -0.4 is 10.2 Å². The summed E-state index contributed by atoms with van der Waals surface area (Å²) < 4.78 is 5.48. The van der Waals surface area contributed by atoms with Gasteiger partial charge in [0.1, 0.15) is 0 Å². The second kappa shape index (κ2) is 9.25. The predicted octanol–water partition coefficient (Wildman–Crippen LogP) is 4.28. The molecule has 1 aliphatic heterocycles. The number of amides is 2. The number of nitrogens with zero attached hydrogens (tertiary/aromatic N) is 2. The third kappa shape index (κ3) is 4.38. The number of anilines is 2. The fraction of sp³-hybridized carbons (Fsp3) is 0.333. The zero-order valence-corrected chi connectivity index (χ0v) is 19.2. The van der Waals surface area contributed by atoms with Gasteiger partial charge in [0.05, 0.1) is 11.1 Å². The molecule has 1 aliphatic carbocycles. The zero-order valence-electron chi connectivity index (χ0n) is 19.2. The first-order valence-electron chi connectivity index (χ1n) is 11.8. The first-order valence-corrected chi connectivity index (χ1v) is 11.8. The molecule has 0 spiro atoms. The lowest BCUT2D eigenvalue weighted by atomic mass is 9.84. The van der Waals surface area contributed by atoms with E-state index in [4.69, 9.17) is 9.72 Å². The van der Waals surface area contributed by atoms with Gasteiger partial charge in [0.25, 0.3) is 5.91 Å². The number of ether oxygens (including phenoxy) is 1. The minimum Gasteiger partial charge on any atom is -0.452 e. The number of esters is 1. The molecule has 5 rings (SSSR count). The molecular formula is C27H27N3O4. The molecule has 2 aromatic carbocycles. The van der Waals surface area contributed by atoms with Crippen molar-refractivity contribution in [3.8, 4) is 0 Å². The van der Waals surface area contributed by atoms with Crippen LogP contribution in [0.5, 0.6) is 0 Å². The van der Waals surface area contributed by atoms with Gasteiger partial charge in [-0.05, 0) is 61.4 Å². The second-order valence-electron chi connectivity index (χ2n) is 9.10. The summed E-state index contributed by atoms with van der Waals surface area (Å²) in [6.07, 6.45) is 4.01. The SMILES string of the molecule is C[C@H]1CCc2nc3ccccc3c(C(=O)OCC(=O)Nc3cccc(N4CCCC4=O)c3)c2C1. The molecule has 0 saturated carbocycles. The number of nitrogens with one attached hydrogen (secondary N) is 1. The maximum absolute atomic E-state index is 13.2. The molecule has 174 valence electrons. The highest BCUT2D eigenvalue weighted by molar-refractivity contribution is 6.06. The lowest BCUT2D eigenvalue weighted by Gasteiger charge is -2.24. The van der Waals surface area contributed by atoms with Gasteiger partial charge in [-0.25, -0.2) is 4.79 Å². The first kappa shape index (κ1) is 22.1. The van der Waals surface area contributed by atoms with Gasteiger partial charge in [0.15, 0.2) is 6.61 Å². The molecule has 2 amide bonds. The minimum absolute atomic E-state index is 0.0830. The van der Waals surface area contributed by atoms with Crippen molar-refractivity contribution in [1.82, 2.24) is 4.98 Å². The molecule has 2 aliphatic rings. The summed E-state index contributed by atoms with van der Waals surface area (Å²) in [7, 11) is 0. The number of rotatable bonds is 5. The van der Waals surface area contributed by atoms with Gasteiger partial charge in [0, 0.05) is 35.4 Å². The summed E-state index contributed by atoms with van der Waals surface area (Å²) in [4.78, 5) is 44.3. The van der Waals surface area contributed by atoms with Crippen LogP contribution in [0.15, 0.2) is 48.5 Å². The van der Waals surface area contributed by atoms with Crippen molar-refractivity contribution in [2.24, 2.45) is 5.92 Å². The number of pyridine rings is 1. The summed E-state index contributed by atoms with van der Waals surface area (Å²) >= 11 is 0. The number of hydrogen-bond donors (Lipinski definition) is 1. The molecule has 1 aromatic heterocycles. The Morgan fingerprint density at radius 2 is 2.00 bits per heavy atom. The van der Waals surface area contributed by atoms with Crippen LogP contribution in [0, 0.1) is 5.92 Å². The van der Waals surface area contributed by atoms with Crippen molar-refractivity contribution in [3.05, 3.63) is 65.4 Å². The van der Waals surface area contributed by atoms with E-state index in [0.717, 1.165) is 53.5 Å². The molecule has 1 fully saturated rings. The van der Waals surface area contributed by atoms with Crippen LogP contribution in [-0.4, -0.2) is 35.9 Å². The molecule has 1 atom stereocenters. The number of carbonyl (C=O) groups is 3. The molecule has 3 aromatic rings. The van der Waals surface area contributed by atoms with Gasteiger partial charge in [-0.15, -0.1) is 0 Å². The predicted molar refractivity (Wildman–Crippen MR) is 130 cm³/mol. The normalized spacial score (nSPS) is 17.5. The quantitative estimate of drug-likeness (QED) is 0.578. The van der Waals surface area contributed by atoms with E-state index in [1.165, 1.54) is 0 Å². The number of hydrogen-bond acceptors (Lipinski definition) is 5. The van der Waals surface area contributed by atoms with Crippen LogP contribution in [0.3, 0.4) is 0 Å². The Balaban J connectivity index is 1.31. The highest BCUT2D eigenvalue weighted by Gasteiger charge is 2.26. The molecule has 7 heteroatoms. The zero-order chi connectivity index (χ0) is 23.7. The van der Waals surface area contributed by atoms with Crippen molar-refractivity contribution < 1.29 is 19.1 Å². The number of benzene rings is 2. The largest absolute Gasteiger partial charge is 0.452 e. The lowest BCUT2D eigenvalue weighted by Crippen LogP contribution is -2.25. The van der Waals surface area contributed by atoms with Crippen LogP contribution in [0.4, 0.5) is 11.4 Å². The van der Waals surface area contributed by atoms with E-state index in [0.29, 0.717) is 30.1 Å². The summed E-state index contributed by atoms with van der Waals surface area (Å²) in [5.41, 5.74) is 4.47. The molecule has 2 heterocycles. The number of aromatic nitrogens is 1. The number of para-hydroxylation sites is 1. The summed E-state index contributed by atoms with van der Waals surface area (Å²) in [6.45, 7) is 2.45. The molecule has 1 saturated heterocycles. The number of fused-ring (bicyclic) bond motifs is 2. The second-order valence-corrected chi connectivity index (χ2v) is 9.10.